The molecule has 3 rings (SSSR count). The van der Waals surface area contributed by atoms with Crippen LogP contribution in [0, 0.1) is 5.82 Å². The summed E-state index contributed by atoms with van der Waals surface area (Å²) in [5.74, 6) is -0.186. The molecule has 0 spiro atoms. The maximum absolute atomic E-state index is 13.0. The minimum absolute atomic E-state index is 0.200. The second kappa shape index (κ2) is 8.53. The van der Waals surface area contributed by atoms with Gasteiger partial charge in [-0.1, -0.05) is 6.07 Å². The summed E-state index contributed by atoms with van der Waals surface area (Å²) in [5.41, 5.74) is 1.52. The second-order valence-electron chi connectivity index (χ2n) is 6.30. The number of benzene rings is 2. The molecule has 1 aliphatic rings. The molecular formula is C20H22FN3O3. The van der Waals surface area contributed by atoms with E-state index in [4.69, 9.17) is 4.74 Å². The van der Waals surface area contributed by atoms with E-state index in [2.05, 4.69) is 10.2 Å². The minimum Gasteiger partial charge on any atom is -0.497 e. The zero-order chi connectivity index (χ0) is 19.2. The molecule has 0 aliphatic carbocycles. The number of anilines is 2. The van der Waals surface area contributed by atoms with Crippen molar-refractivity contribution in [3.05, 3.63) is 54.3 Å². The van der Waals surface area contributed by atoms with Crippen molar-refractivity contribution in [2.24, 2.45) is 0 Å². The maximum Gasteiger partial charge on any atom is 0.233 e. The molecule has 1 fully saturated rings. The Hall–Kier alpha value is -3.09. The third-order valence-electron chi connectivity index (χ3n) is 4.49. The predicted octanol–water partition coefficient (Wildman–Crippen LogP) is 2.51. The Labute approximate surface area is 157 Å². The molecule has 2 amide bonds. The van der Waals surface area contributed by atoms with E-state index in [9.17, 15) is 14.0 Å². The molecular weight excluding hydrogens is 349 g/mol. The first-order chi connectivity index (χ1) is 13.0. The first-order valence-electron chi connectivity index (χ1n) is 8.77. The van der Waals surface area contributed by atoms with E-state index in [1.165, 1.54) is 12.1 Å². The van der Waals surface area contributed by atoms with E-state index in [0.717, 1.165) is 5.69 Å². The molecule has 1 saturated heterocycles. The van der Waals surface area contributed by atoms with Crippen molar-refractivity contribution in [2.75, 3.05) is 43.5 Å². The first-order valence-corrected chi connectivity index (χ1v) is 8.77. The standard InChI is InChI=1S/C20H22FN3O3/c1-27-18-4-2-3-16(13-18)22-19(25)14-20(26)24-11-9-23(10-12-24)17-7-5-15(21)6-8-17/h2-8,13H,9-12,14H2,1H3,(H,22,25). The average molecular weight is 371 g/mol. The Kier molecular flexibility index (Phi) is 5.90. The van der Waals surface area contributed by atoms with E-state index < -0.39 is 0 Å². The number of nitrogens with zero attached hydrogens (tertiary/aromatic N) is 2. The fraction of sp³-hybridized carbons (Fsp3) is 0.300. The van der Waals surface area contributed by atoms with Crippen molar-refractivity contribution in [2.45, 2.75) is 6.42 Å². The molecule has 1 aliphatic heterocycles. The molecule has 142 valence electrons. The number of nitrogens with one attached hydrogen (secondary N) is 1. The summed E-state index contributed by atoms with van der Waals surface area (Å²) >= 11 is 0. The Morgan fingerprint density at radius 1 is 1.07 bits per heavy atom. The zero-order valence-corrected chi connectivity index (χ0v) is 15.2. The molecule has 0 aromatic heterocycles. The van der Waals surface area contributed by atoms with Gasteiger partial charge in [0.15, 0.2) is 0 Å². The van der Waals surface area contributed by atoms with E-state index in [-0.39, 0.29) is 24.1 Å². The van der Waals surface area contributed by atoms with Crippen LogP contribution in [0.2, 0.25) is 0 Å². The first kappa shape index (κ1) is 18.7. The smallest absolute Gasteiger partial charge is 0.233 e. The molecule has 7 heteroatoms. The maximum atomic E-state index is 13.0. The summed E-state index contributed by atoms with van der Waals surface area (Å²) in [4.78, 5) is 28.3. The molecule has 1 heterocycles. The number of hydrogen-bond donors (Lipinski definition) is 1. The van der Waals surface area contributed by atoms with Gasteiger partial charge in [-0.05, 0) is 36.4 Å². The molecule has 27 heavy (non-hydrogen) atoms. The minimum atomic E-state index is -0.353. The van der Waals surface area contributed by atoms with Crippen LogP contribution in [-0.4, -0.2) is 50.0 Å². The number of methoxy groups -OCH3 is 1. The largest absolute Gasteiger partial charge is 0.497 e. The van der Waals surface area contributed by atoms with Crippen LogP contribution < -0.4 is 15.0 Å². The van der Waals surface area contributed by atoms with E-state index in [0.29, 0.717) is 37.6 Å². The number of carbonyl (C=O) groups is 2. The summed E-state index contributed by atoms with van der Waals surface area (Å²) in [6, 6.07) is 13.3. The Morgan fingerprint density at radius 2 is 1.78 bits per heavy atom. The molecule has 0 bridgehead atoms. The highest BCUT2D eigenvalue weighted by atomic mass is 19.1. The van der Waals surface area contributed by atoms with Crippen molar-refractivity contribution in [3.63, 3.8) is 0 Å². The van der Waals surface area contributed by atoms with Gasteiger partial charge in [0.05, 0.1) is 7.11 Å². The van der Waals surface area contributed by atoms with Crippen molar-refractivity contribution in [1.29, 1.82) is 0 Å². The molecule has 0 saturated carbocycles. The number of ether oxygens (including phenoxy) is 1. The van der Waals surface area contributed by atoms with E-state index in [1.807, 2.05) is 0 Å². The lowest BCUT2D eigenvalue weighted by Crippen LogP contribution is -2.49. The van der Waals surface area contributed by atoms with Crippen LogP contribution in [0.3, 0.4) is 0 Å². The number of halogens is 1. The van der Waals surface area contributed by atoms with Gasteiger partial charge in [0.25, 0.3) is 0 Å². The number of amides is 2. The van der Waals surface area contributed by atoms with E-state index in [1.54, 1.807) is 48.4 Å². The van der Waals surface area contributed by atoms with Gasteiger partial charge in [-0.3, -0.25) is 9.59 Å². The topological polar surface area (TPSA) is 61.9 Å². The van der Waals surface area contributed by atoms with Gasteiger partial charge in [0, 0.05) is 43.6 Å². The SMILES string of the molecule is COc1cccc(NC(=O)CC(=O)N2CCN(c3ccc(F)cc3)CC2)c1. The Morgan fingerprint density at radius 3 is 2.44 bits per heavy atom. The van der Waals surface area contributed by atoms with Gasteiger partial charge in [-0.2, -0.15) is 0 Å². The third-order valence-corrected chi connectivity index (χ3v) is 4.49. The Bertz CT molecular complexity index is 802. The third kappa shape index (κ3) is 4.97. The van der Waals surface area contributed by atoms with Crippen molar-refractivity contribution in [1.82, 2.24) is 4.90 Å². The number of piperazine rings is 1. The van der Waals surface area contributed by atoms with Crippen LogP contribution in [0.5, 0.6) is 5.75 Å². The van der Waals surface area contributed by atoms with Crippen molar-refractivity contribution < 1.29 is 18.7 Å². The highest BCUT2D eigenvalue weighted by Gasteiger charge is 2.23. The van der Waals surface area contributed by atoms with Gasteiger partial charge < -0.3 is 19.9 Å². The van der Waals surface area contributed by atoms with Gasteiger partial charge in [0.2, 0.25) is 11.8 Å². The van der Waals surface area contributed by atoms with Crippen molar-refractivity contribution in [3.8, 4) is 5.75 Å². The molecule has 6 nitrogen and oxygen atoms in total. The summed E-state index contributed by atoms with van der Waals surface area (Å²) in [5, 5.41) is 2.71. The summed E-state index contributed by atoms with van der Waals surface area (Å²) in [6.45, 7) is 2.36. The van der Waals surface area contributed by atoms with Crippen LogP contribution >= 0.6 is 0 Å². The molecule has 0 atom stereocenters. The van der Waals surface area contributed by atoms with Crippen LogP contribution in [0.15, 0.2) is 48.5 Å². The van der Waals surface area contributed by atoms with Crippen LogP contribution in [0.25, 0.3) is 0 Å². The lowest BCUT2D eigenvalue weighted by atomic mass is 10.2. The molecule has 1 N–H and O–H groups in total. The predicted molar refractivity (Wildman–Crippen MR) is 101 cm³/mol. The summed E-state index contributed by atoms with van der Waals surface area (Å²) in [6.07, 6.45) is -0.201. The normalized spacial score (nSPS) is 14.0. The second-order valence-corrected chi connectivity index (χ2v) is 6.30. The van der Waals surface area contributed by atoms with Crippen molar-refractivity contribution >= 4 is 23.2 Å². The average Bonchev–Trinajstić information content (AvgIpc) is 2.68. The molecule has 2 aromatic rings. The van der Waals surface area contributed by atoms with Gasteiger partial charge >= 0.3 is 0 Å². The molecule has 0 radical (unpaired) electrons. The lowest BCUT2D eigenvalue weighted by Gasteiger charge is -2.36. The van der Waals surface area contributed by atoms with Gasteiger partial charge in [0.1, 0.15) is 18.0 Å². The quantitative estimate of drug-likeness (QED) is 0.821. The van der Waals surface area contributed by atoms with Crippen LogP contribution in [0.4, 0.5) is 15.8 Å². The lowest BCUT2D eigenvalue weighted by molar-refractivity contribution is -0.134. The highest BCUT2D eigenvalue weighted by Crippen LogP contribution is 2.18. The summed E-state index contributed by atoms with van der Waals surface area (Å²) < 4.78 is 18.1. The van der Waals surface area contributed by atoms with E-state index >= 15 is 0 Å². The Balaban J connectivity index is 1.48. The van der Waals surface area contributed by atoms with Gasteiger partial charge in [-0.25, -0.2) is 4.39 Å². The van der Waals surface area contributed by atoms with Crippen LogP contribution in [0.1, 0.15) is 6.42 Å². The molecule has 2 aromatic carbocycles. The van der Waals surface area contributed by atoms with Crippen LogP contribution in [-0.2, 0) is 9.59 Å². The number of hydrogen-bond acceptors (Lipinski definition) is 4. The monoisotopic (exact) mass is 371 g/mol. The number of carbonyl (C=O) groups excluding carboxylic acids is 2. The fourth-order valence-corrected chi connectivity index (χ4v) is 3.02. The fourth-order valence-electron chi connectivity index (χ4n) is 3.02. The number of rotatable bonds is 5. The van der Waals surface area contributed by atoms with Gasteiger partial charge in [-0.15, -0.1) is 0 Å². The zero-order valence-electron chi connectivity index (χ0n) is 15.2. The summed E-state index contributed by atoms with van der Waals surface area (Å²) in [7, 11) is 1.55. The highest BCUT2D eigenvalue weighted by molar-refractivity contribution is 6.03. The molecule has 0 unspecified atom stereocenters.